The maximum Gasteiger partial charge on any atom is 0.184 e. The second-order valence-electron chi connectivity index (χ2n) is 6.42. The third-order valence-corrected chi connectivity index (χ3v) is 5.47. The lowest BCUT2D eigenvalue weighted by Crippen LogP contribution is -2.14. The molecule has 4 rings (SSSR count). The first-order valence-corrected chi connectivity index (χ1v) is 9.78. The number of aromatic amines is 1. The summed E-state index contributed by atoms with van der Waals surface area (Å²) in [6, 6.07) is 11.3. The molecular weight excluding hydrogens is 388 g/mol. The van der Waals surface area contributed by atoms with E-state index >= 15 is 0 Å². The Kier molecular flexibility index (Phi) is 5.18. The van der Waals surface area contributed by atoms with E-state index in [4.69, 9.17) is 9.47 Å². The van der Waals surface area contributed by atoms with Gasteiger partial charge >= 0.3 is 0 Å². The molecule has 0 unspecified atom stereocenters. The molecule has 0 aliphatic heterocycles. The Morgan fingerprint density at radius 3 is 2.72 bits per heavy atom. The Bertz CT molecular complexity index is 1180. The smallest absolute Gasteiger partial charge is 0.184 e. The minimum atomic E-state index is -0.0382. The summed E-state index contributed by atoms with van der Waals surface area (Å²) < 4.78 is 15.0. The number of hydrogen-bond donors (Lipinski definition) is 2. The van der Waals surface area contributed by atoms with Crippen LogP contribution in [0.5, 0.6) is 11.5 Å². The molecule has 2 aromatic heterocycles. The zero-order chi connectivity index (χ0) is 20.4. The first kappa shape index (κ1) is 18.9. The summed E-state index contributed by atoms with van der Waals surface area (Å²) in [4.78, 5) is 20.4. The van der Waals surface area contributed by atoms with E-state index in [1.54, 1.807) is 20.4 Å². The highest BCUT2D eigenvalue weighted by molar-refractivity contribution is 7.09. The molecule has 0 amide bonds. The highest BCUT2D eigenvalue weighted by Gasteiger charge is 2.15. The second-order valence-corrected chi connectivity index (χ2v) is 7.18. The van der Waals surface area contributed by atoms with Gasteiger partial charge in [-0.25, -0.2) is 4.98 Å². The van der Waals surface area contributed by atoms with Gasteiger partial charge in [-0.3, -0.25) is 4.79 Å². The number of Topliss-reactive ketones (excluding diaryl/α,β-unsaturated/α-hetero) is 1. The van der Waals surface area contributed by atoms with E-state index in [0.29, 0.717) is 17.1 Å². The molecule has 0 aliphatic rings. The number of aromatic nitrogens is 3. The van der Waals surface area contributed by atoms with E-state index in [1.165, 1.54) is 11.5 Å². The summed E-state index contributed by atoms with van der Waals surface area (Å²) in [6.45, 7) is 1.98. The van der Waals surface area contributed by atoms with Crippen molar-refractivity contribution < 1.29 is 14.3 Å². The molecule has 8 heteroatoms. The highest BCUT2D eigenvalue weighted by Crippen LogP contribution is 2.32. The molecule has 2 N–H and O–H groups in total. The number of anilines is 1. The van der Waals surface area contributed by atoms with Crippen molar-refractivity contribution in [2.45, 2.75) is 6.92 Å². The van der Waals surface area contributed by atoms with Crippen LogP contribution >= 0.6 is 11.5 Å². The van der Waals surface area contributed by atoms with Crippen molar-refractivity contribution in [3.05, 3.63) is 54.0 Å². The van der Waals surface area contributed by atoms with Crippen LogP contribution in [0.4, 0.5) is 5.69 Å². The molecule has 2 aromatic carbocycles. The Labute approximate surface area is 171 Å². The van der Waals surface area contributed by atoms with Crippen molar-refractivity contribution >= 4 is 33.9 Å². The van der Waals surface area contributed by atoms with Crippen LogP contribution in [0.25, 0.3) is 21.5 Å². The quantitative estimate of drug-likeness (QED) is 0.443. The number of aryl methyl sites for hydroxylation is 1. The number of fused-ring (bicyclic) bond motifs is 1. The van der Waals surface area contributed by atoms with E-state index in [2.05, 4.69) is 19.7 Å². The summed E-state index contributed by atoms with van der Waals surface area (Å²) in [7, 11) is 3.21. The molecule has 0 saturated carbocycles. The van der Waals surface area contributed by atoms with Crippen molar-refractivity contribution in [2.24, 2.45) is 0 Å². The zero-order valence-corrected chi connectivity index (χ0v) is 17.1. The van der Waals surface area contributed by atoms with Gasteiger partial charge in [-0.15, -0.1) is 0 Å². The number of nitrogens with zero attached hydrogens (tertiary/aromatic N) is 2. The predicted molar refractivity (Wildman–Crippen MR) is 114 cm³/mol. The van der Waals surface area contributed by atoms with E-state index < -0.39 is 0 Å². The van der Waals surface area contributed by atoms with E-state index in [9.17, 15) is 4.79 Å². The molecule has 0 fully saturated rings. The van der Waals surface area contributed by atoms with Gasteiger partial charge in [-0.2, -0.15) is 4.37 Å². The van der Waals surface area contributed by atoms with Crippen LogP contribution in [0.1, 0.15) is 16.2 Å². The van der Waals surface area contributed by atoms with Crippen molar-refractivity contribution in [3.63, 3.8) is 0 Å². The van der Waals surface area contributed by atoms with Gasteiger partial charge < -0.3 is 19.8 Å². The predicted octanol–water partition coefficient (Wildman–Crippen LogP) is 4.31. The van der Waals surface area contributed by atoms with Gasteiger partial charge in [0, 0.05) is 22.7 Å². The largest absolute Gasteiger partial charge is 0.495 e. The first-order valence-electron chi connectivity index (χ1n) is 9.00. The number of carbonyl (C=O) groups excluding carboxylic acids is 1. The topological polar surface area (TPSA) is 89.1 Å². The summed E-state index contributed by atoms with van der Waals surface area (Å²) in [5.74, 6) is 2.06. The lowest BCUT2D eigenvalue weighted by Gasteiger charge is -2.12. The molecule has 4 aromatic rings. The summed E-state index contributed by atoms with van der Waals surface area (Å²) in [5, 5.41) is 4.86. The lowest BCUT2D eigenvalue weighted by molar-refractivity contribution is 0.101. The summed E-state index contributed by atoms with van der Waals surface area (Å²) in [6.07, 6.45) is 1.72. The van der Waals surface area contributed by atoms with Gasteiger partial charge in [0.2, 0.25) is 0 Å². The van der Waals surface area contributed by atoms with Crippen LogP contribution in [-0.2, 0) is 0 Å². The molecule has 148 valence electrons. The molecule has 0 radical (unpaired) electrons. The third-order valence-electron chi connectivity index (χ3n) is 4.61. The van der Waals surface area contributed by atoms with Gasteiger partial charge in [0.25, 0.3) is 0 Å². The number of rotatable bonds is 7. The molecule has 0 aliphatic carbocycles. The Morgan fingerprint density at radius 2 is 2.00 bits per heavy atom. The van der Waals surface area contributed by atoms with Crippen molar-refractivity contribution in [3.8, 4) is 22.1 Å². The normalized spacial score (nSPS) is 10.9. The Hall–Kier alpha value is -3.39. The van der Waals surface area contributed by atoms with Crippen LogP contribution in [0.3, 0.4) is 0 Å². The minimum absolute atomic E-state index is 0.0382. The fourth-order valence-electron chi connectivity index (χ4n) is 3.19. The maximum atomic E-state index is 12.9. The molecule has 2 heterocycles. The fraction of sp³-hybridized carbons (Fsp3) is 0.190. The minimum Gasteiger partial charge on any atom is -0.495 e. The molecule has 0 spiro atoms. The number of hydrogen-bond acceptors (Lipinski definition) is 7. The zero-order valence-electron chi connectivity index (χ0n) is 16.3. The maximum absolute atomic E-state index is 12.9. The number of H-pyrrole nitrogens is 1. The summed E-state index contributed by atoms with van der Waals surface area (Å²) in [5.41, 5.74) is 3.07. The van der Waals surface area contributed by atoms with E-state index in [0.717, 1.165) is 33.0 Å². The average molecular weight is 408 g/mol. The van der Waals surface area contributed by atoms with Gasteiger partial charge in [0.15, 0.2) is 5.78 Å². The molecule has 0 atom stereocenters. The standard InChI is InChI=1S/C21H20N4O3S/c1-12-24-21(29-25-12)13-7-8-18(27-2)16(9-13)22-11-17(26)15-10-23-20-14(15)5-4-6-19(20)28-3/h4-10,22-23H,11H2,1-3H3. The second kappa shape index (κ2) is 7.92. The molecular formula is C21H20N4O3S. The molecule has 0 bridgehead atoms. The monoisotopic (exact) mass is 408 g/mol. The lowest BCUT2D eigenvalue weighted by atomic mass is 10.1. The van der Waals surface area contributed by atoms with Crippen molar-refractivity contribution in [1.82, 2.24) is 14.3 Å². The van der Waals surface area contributed by atoms with Crippen LogP contribution in [0.15, 0.2) is 42.6 Å². The number of carbonyl (C=O) groups is 1. The van der Waals surface area contributed by atoms with Gasteiger partial charge in [0.05, 0.1) is 32.0 Å². The van der Waals surface area contributed by atoms with Crippen molar-refractivity contribution in [1.29, 1.82) is 0 Å². The number of ketones is 1. The van der Waals surface area contributed by atoms with Gasteiger partial charge in [-0.1, -0.05) is 12.1 Å². The highest BCUT2D eigenvalue weighted by atomic mass is 32.1. The van der Waals surface area contributed by atoms with Crippen LogP contribution in [0, 0.1) is 6.92 Å². The number of ether oxygens (including phenoxy) is 2. The number of benzene rings is 2. The van der Waals surface area contributed by atoms with E-state index in [1.807, 2.05) is 43.3 Å². The Balaban J connectivity index is 1.58. The number of para-hydroxylation sites is 1. The number of nitrogens with one attached hydrogen (secondary N) is 2. The van der Waals surface area contributed by atoms with Crippen LogP contribution < -0.4 is 14.8 Å². The fourth-order valence-corrected chi connectivity index (χ4v) is 3.86. The summed E-state index contributed by atoms with van der Waals surface area (Å²) >= 11 is 1.34. The molecule has 0 saturated heterocycles. The molecule has 29 heavy (non-hydrogen) atoms. The van der Waals surface area contributed by atoms with Gasteiger partial charge in [0.1, 0.15) is 22.3 Å². The average Bonchev–Trinajstić information content (AvgIpc) is 3.38. The molecule has 7 nitrogen and oxygen atoms in total. The van der Waals surface area contributed by atoms with Crippen molar-refractivity contribution in [2.75, 3.05) is 26.1 Å². The number of methoxy groups -OCH3 is 2. The van der Waals surface area contributed by atoms with Crippen LogP contribution in [0.2, 0.25) is 0 Å². The van der Waals surface area contributed by atoms with Crippen LogP contribution in [-0.4, -0.2) is 40.9 Å². The Morgan fingerprint density at radius 1 is 1.17 bits per heavy atom. The third kappa shape index (κ3) is 3.66. The van der Waals surface area contributed by atoms with E-state index in [-0.39, 0.29) is 12.3 Å². The van der Waals surface area contributed by atoms with Gasteiger partial charge in [-0.05, 0) is 42.7 Å². The first-order chi connectivity index (χ1) is 14.1. The SMILES string of the molecule is COc1ccc(-c2nc(C)ns2)cc1NCC(=O)c1c[nH]c2c(OC)cccc12.